The first-order chi connectivity index (χ1) is 40.1. The van der Waals surface area contributed by atoms with E-state index in [1.165, 1.54) is 29.8 Å². The van der Waals surface area contributed by atoms with E-state index in [-0.39, 0.29) is 43.2 Å². The maximum Gasteiger partial charge on any atom is 0.348 e. The summed E-state index contributed by atoms with van der Waals surface area (Å²) in [6.45, 7) is 18.1. The van der Waals surface area contributed by atoms with Gasteiger partial charge in [-0.25, -0.2) is 29.1 Å². The third-order valence-electron chi connectivity index (χ3n) is 15.0. The Morgan fingerprint density at radius 3 is 2.20 bits per heavy atom. The van der Waals surface area contributed by atoms with Crippen molar-refractivity contribution in [2.75, 3.05) is 113 Å². The average Bonchev–Trinajstić information content (AvgIpc) is 2.29. The van der Waals surface area contributed by atoms with Crippen molar-refractivity contribution in [1.82, 2.24) is 29.7 Å². The number of methoxy groups -OCH3 is 1. The first kappa shape index (κ1) is 62.2. The van der Waals surface area contributed by atoms with Gasteiger partial charge in [0.15, 0.2) is 5.75 Å². The molecule has 1 aliphatic carbocycles. The molecule has 0 amide bonds. The zero-order valence-corrected chi connectivity index (χ0v) is 51.0. The Morgan fingerprint density at radius 2 is 1.51 bits per heavy atom. The second-order valence-electron chi connectivity index (χ2n) is 22.3. The quantitative estimate of drug-likeness (QED) is 0.0465. The summed E-state index contributed by atoms with van der Waals surface area (Å²) in [5.41, 5.74) is 3.84. The van der Waals surface area contributed by atoms with Gasteiger partial charge in [0.1, 0.15) is 59.2 Å². The van der Waals surface area contributed by atoms with Crippen molar-refractivity contribution in [2.24, 2.45) is 5.92 Å². The van der Waals surface area contributed by atoms with Crippen LogP contribution < -0.4 is 18.9 Å². The molecule has 0 radical (unpaired) electrons. The van der Waals surface area contributed by atoms with E-state index >= 15 is 0 Å². The van der Waals surface area contributed by atoms with Crippen LogP contribution in [0, 0.1) is 25.6 Å². The fourth-order valence-electron chi connectivity index (χ4n) is 10.7. The highest BCUT2D eigenvalue weighted by molar-refractivity contribution is 7.22. The number of ether oxygens (including phenoxy) is 10. The second-order valence-corrected chi connectivity index (χ2v) is 24.0. The number of rotatable bonds is 22. The molecule has 1 saturated carbocycles. The van der Waals surface area contributed by atoms with Gasteiger partial charge in [-0.15, -0.1) is 11.3 Å². The van der Waals surface area contributed by atoms with Crippen molar-refractivity contribution < 1.29 is 56.6 Å². The molecular weight excluding hydrogens is 1130 g/mol. The number of carbonyl (C=O) groups is 1. The Kier molecular flexibility index (Phi) is 22.2. The third kappa shape index (κ3) is 16.6. The van der Waals surface area contributed by atoms with Crippen LogP contribution >= 0.6 is 34.5 Å². The van der Waals surface area contributed by atoms with Crippen LogP contribution in [0.5, 0.6) is 23.1 Å². The number of aromatic nitrogens is 4. The molecule has 0 spiro atoms. The standard InChI is InChI=1S/C62H77Cl2FN6O11S/c1-39-51-40(2)55(64)56(54(39)63)80-47(34-71-22-20-70(6)21-23-71)37-78-46-16-17-49(79-36-45-18-19-66-58(69-45)48-11-9-8-10-42(48)35-77-31-30-76-29-28-75-27-26-74-25-24-73-7)43(32-46)33-50(61(72)82-62(3,4)5)81-59-53-52(51)57(83-60(53)68-38-67-59)41-12-14-44(65)15-13-41/h12-19,32,38,42,47-48,50H,8-11,20-31,33-37H2,1-7H3/t42-,47+,48+,50+/m0/s1. The van der Waals surface area contributed by atoms with Crippen LogP contribution in [-0.2, 0) is 46.2 Å². The van der Waals surface area contributed by atoms with Crippen molar-refractivity contribution in [2.45, 2.75) is 97.1 Å². The predicted molar refractivity (Wildman–Crippen MR) is 318 cm³/mol. The molecule has 448 valence electrons. The van der Waals surface area contributed by atoms with Crippen molar-refractivity contribution >= 4 is 50.7 Å². The van der Waals surface area contributed by atoms with Crippen LogP contribution in [0.15, 0.2) is 61.1 Å². The molecule has 4 bridgehead atoms. The second kappa shape index (κ2) is 29.7. The van der Waals surface area contributed by atoms with E-state index in [9.17, 15) is 9.18 Å². The first-order valence-corrected chi connectivity index (χ1v) is 30.2. The van der Waals surface area contributed by atoms with E-state index in [0.29, 0.717) is 137 Å². The smallest absolute Gasteiger partial charge is 0.348 e. The molecule has 6 heterocycles. The van der Waals surface area contributed by atoms with Crippen molar-refractivity contribution in [1.29, 1.82) is 0 Å². The highest BCUT2D eigenvalue weighted by Crippen LogP contribution is 2.53. The van der Waals surface area contributed by atoms with E-state index in [1.807, 2.05) is 58.9 Å². The van der Waals surface area contributed by atoms with Crippen molar-refractivity contribution in [3.8, 4) is 44.7 Å². The summed E-state index contributed by atoms with van der Waals surface area (Å²) in [6, 6.07) is 13.7. The lowest BCUT2D eigenvalue weighted by atomic mass is 9.79. The number of carbonyl (C=O) groups excluding carboxylic acids is 1. The van der Waals surface area contributed by atoms with Gasteiger partial charge in [0.25, 0.3) is 0 Å². The molecule has 4 aliphatic rings. The minimum atomic E-state index is -1.27. The van der Waals surface area contributed by atoms with Crippen LogP contribution in [0.3, 0.4) is 0 Å². The van der Waals surface area contributed by atoms with Gasteiger partial charge in [-0.2, -0.15) is 0 Å². The molecule has 3 aromatic heterocycles. The van der Waals surface area contributed by atoms with E-state index in [2.05, 4.69) is 16.8 Å². The fraction of sp³-hybridized carbons (Fsp3) is 0.532. The molecule has 3 aromatic carbocycles. The maximum absolute atomic E-state index is 14.7. The molecule has 3 aliphatic heterocycles. The van der Waals surface area contributed by atoms with Gasteiger partial charge >= 0.3 is 5.97 Å². The third-order valence-corrected chi connectivity index (χ3v) is 17.0. The number of nitrogens with zero attached hydrogens (tertiary/aromatic N) is 6. The summed E-state index contributed by atoms with van der Waals surface area (Å²) >= 11 is 16.3. The first-order valence-electron chi connectivity index (χ1n) is 28.6. The number of benzene rings is 3. The van der Waals surface area contributed by atoms with E-state index in [4.69, 9.17) is 90.5 Å². The molecule has 17 nitrogen and oxygen atoms in total. The lowest BCUT2D eigenvalue weighted by molar-refractivity contribution is -0.163. The SMILES string of the molecule is COCCOCCOCCOCCOC[C@@H]1CCCC[C@H]1c1nccc(COc2ccc3cc2C[C@H](C(=O)OC(C)(C)C)Oc2ncnc4sc(-c5ccc(F)cc5)c(c24)-c2c(C)c(Cl)c(c(Cl)c2C)O[C@H](CN2CCN(C)CC2)CO3)n1. The van der Waals surface area contributed by atoms with Gasteiger partial charge in [-0.3, -0.25) is 4.90 Å². The fourth-order valence-corrected chi connectivity index (χ4v) is 12.3. The lowest BCUT2D eigenvalue weighted by Gasteiger charge is -2.35. The zero-order valence-electron chi connectivity index (χ0n) is 48.6. The molecule has 4 atom stereocenters. The number of piperazine rings is 1. The lowest BCUT2D eigenvalue weighted by Crippen LogP contribution is -2.49. The molecule has 6 aromatic rings. The summed E-state index contributed by atoms with van der Waals surface area (Å²) in [5.74, 6) is 1.54. The molecular formula is C62H77Cl2FN6O11S. The number of halogens is 3. The number of likely N-dealkylation sites (N-methyl/N-ethyl adjacent to an activating group) is 1. The van der Waals surface area contributed by atoms with Crippen LogP contribution in [0.4, 0.5) is 4.39 Å². The van der Waals surface area contributed by atoms with Gasteiger partial charge in [0.05, 0.1) is 80.6 Å². The number of thiophene rings is 1. The van der Waals surface area contributed by atoms with Gasteiger partial charge < -0.3 is 52.3 Å². The van der Waals surface area contributed by atoms with E-state index < -0.39 is 23.8 Å². The number of hydrogen-bond acceptors (Lipinski definition) is 18. The minimum absolute atomic E-state index is 0.0226. The molecule has 0 unspecified atom stereocenters. The molecule has 1 saturated heterocycles. The monoisotopic (exact) mass is 1200 g/mol. The Bertz CT molecular complexity index is 3080. The number of hydrogen-bond donors (Lipinski definition) is 0. The Labute approximate surface area is 500 Å². The Morgan fingerprint density at radius 1 is 0.819 bits per heavy atom. The molecule has 83 heavy (non-hydrogen) atoms. The van der Waals surface area contributed by atoms with E-state index in [0.717, 1.165) is 68.1 Å². The number of fused-ring (bicyclic) bond motifs is 7. The Balaban J connectivity index is 1.02. The summed E-state index contributed by atoms with van der Waals surface area (Å²) in [7, 11) is 3.77. The molecule has 21 heteroatoms. The highest BCUT2D eigenvalue weighted by atomic mass is 35.5. The van der Waals surface area contributed by atoms with E-state index in [1.54, 1.807) is 25.4 Å². The maximum atomic E-state index is 14.7. The normalized spacial score (nSPS) is 19.0. The van der Waals surface area contributed by atoms with Crippen LogP contribution in [0.25, 0.3) is 31.8 Å². The molecule has 2 fully saturated rings. The van der Waals surface area contributed by atoms with Gasteiger partial charge in [-0.05, 0) is 119 Å². The predicted octanol–water partition coefficient (Wildman–Crippen LogP) is 11.2. The molecule has 10 rings (SSSR count). The summed E-state index contributed by atoms with van der Waals surface area (Å²) in [6.07, 6.45) is 5.51. The molecule has 0 N–H and O–H groups in total. The summed E-state index contributed by atoms with van der Waals surface area (Å²) in [5, 5.41) is 1.15. The topological polar surface area (TPSA) is 167 Å². The van der Waals surface area contributed by atoms with Crippen molar-refractivity contribution in [3.05, 3.63) is 105 Å². The van der Waals surface area contributed by atoms with Crippen LogP contribution in [0.2, 0.25) is 10.0 Å². The van der Waals surface area contributed by atoms with Gasteiger partial charge in [0, 0.05) is 74.4 Å². The average molecular weight is 1200 g/mol. The van der Waals surface area contributed by atoms with Crippen LogP contribution in [-0.4, -0.2) is 166 Å². The minimum Gasteiger partial charge on any atom is -0.490 e. The van der Waals surface area contributed by atoms with Crippen LogP contribution in [0.1, 0.15) is 80.6 Å². The van der Waals surface area contributed by atoms with Gasteiger partial charge in [0.2, 0.25) is 12.0 Å². The van der Waals surface area contributed by atoms with Gasteiger partial charge in [-0.1, -0.05) is 48.2 Å². The van der Waals surface area contributed by atoms with Crippen molar-refractivity contribution in [3.63, 3.8) is 0 Å². The Hall–Kier alpha value is -5.32. The zero-order chi connectivity index (χ0) is 58.5. The number of esters is 1. The highest BCUT2D eigenvalue weighted by Gasteiger charge is 2.35. The summed E-state index contributed by atoms with van der Waals surface area (Å²) in [4.78, 5) is 40.0. The summed E-state index contributed by atoms with van der Waals surface area (Å²) < 4.78 is 75.9. The largest absolute Gasteiger partial charge is 0.490 e.